The fraction of sp³-hybridized carbons (Fsp3) is 0.229. The van der Waals surface area contributed by atoms with Gasteiger partial charge < -0.3 is 15.4 Å². The van der Waals surface area contributed by atoms with Crippen molar-refractivity contribution in [2.24, 2.45) is 0 Å². The van der Waals surface area contributed by atoms with Crippen LogP contribution in [0.15, 0.2) is 108 Å². The van der Waals surface area contributed by atoms with E-state index in [4.69, 9.17) is 21.7 Å². The SMILES string of the molecule is CCCC(c1ccc(C(=O)NCCC(=O)O)cc1)C(C1=CCC=C(Cl)C=C1)c1cccc2nc(-c3ccc[nH]3)ccc12. The smallest absolute Gasteiger partial charge is 0.305 e. The zero-order valence-electron chi connectivity index (χ0n) is 23.5. The number of fused-ring (bicyclic) bond motifs is 1. The quantitative estimate of drug-likeness (QED) is 0.167. The predicted molar refractivity (Wildman–Crippen MR) is 169 cm³/mol. The molecule has 0 radical (unpaired) electrons. The lowest BCUT2D eigenvalue weighted by Gasteiger charge is -2.30. The molecule has 2 heterocycles. The Kier molecular flexibility index (Phi) is 9.35. The monoisotopic (exact) mass is 579 g/mol. The minimum Gasteiger partial charge on any atom is -0.481 e. The highest BCUT2D eigenvalue weighted by molar-refractivity contribution is 6.31. The highest BCUT2D eigenvalue weighted by Gasteiger charge is 2.29. The normalized spacial score (nSPS) is 14.5. The second-order valence-electron chi connectivity index (χ2n) is 10.5. The van der Waals surface area contributed by atoms with Crippen molar-refractivity contribution in [3.8, 4) is 11.4 Å². The Morgan fingerprint density at radius 2 is 1.86 bits per heavy atom. The summed E-state index contributed by atoms with van der Waals surface area (Å²) in [5.41, 5.74) is 6.83. The molecule has 2 aromatic heterocycles. The lowest BCUT2D eigenvalue weighted by molar-refractivity contribution is -0.136. The van der Waals surface area contributed by atoms with E-state index in [1.165, 1.54) is 11.1 Å². The van der Waals surface area contributed by atoms with Gasteiger partial charge in [0, 0.05) is 34.6 Å². The fourth-order valence-electron chi connectivity index (χ4n) is 5.67. The Hall–Kier alpha value is -4.42. The van der Waals surface area contributed by atoms with Gasteiger partial charge in [-0.3, -0.25) is 9.59 Å². The van der Waals surface area contributed by atoms with Gasteiger partial charge in [0.15, 0.2) is 0 Å². The third-order valence-corrected chi connectivity index (χ3v) is 7.94. The summed E-state index contributed by atoms with van der Waals surface area (Å²) in [6, 6.07) is 22.3. The van der Waals surface area contributed by atoms with Crippen molar-refractivity contribution in [3.63, 3.8) is 0 Å². The zero-order chi connectivity index (χ0) is 29.5. The molecular formula is C35H34ClN3O3. The number of allylic oxidation sites excluding steroid dienone is 6. The molecule has 2 aromatic carbocycles. The van der Waals surface area contributed by atoms with Crippen LogP contribution in [0.5, 0.6) is 0 Å². The van der Waals surface area contributed by atoms with Gasteiger partial charge in [-0.05, 0) is 77.9 Å². The number of nitrogens with zero attached hydrogens (tertiary/aromatic N) is 1. The molecule has 5 rings (SSSR count). The number of hydrogen-bond donors (Lipinski definition) is 3. The number of H-pyrrole nitrogens is 1. The summed E-state index contributed by atoms with van der Waals surface area (Å²) in [5.74, 6) is -1.07. The molecule has 0 aliphatic heterocycles. The summed E-state index contributed by atoms with van der Waals surface area (Å²) in [5, 5.41) is 13.4. The number of carbonyl (C=O) groups excluding carboxylic acids is 1. The molecule has 2 atom stereocenters. The molecule has 0 fully saturated rings. The van der Waals surface area contributed by atoms with Crippen LogP contribution in [0.3, 0.4) is 0 Å². The summed E-state index contributed by atoms with van der Waals surface area (Å²) in [6.45, 7) is 2.28. The molecule has 6 nitrogen and oxygen atoms in total. The number of amides is 1. The Morgan fingerprint density at radius 1 is 1.02 bits per heavy atom. The molecular weight excluding hydrogens is 546 g/mol. The van der Waals surface area contributed by atoms with Crippen molar-refractivity contribution in [3.05, 3.63) is 125 Å². The number of carbonyl (C=O) groups is 2. The van der Waals surface area contributed by atoms with Gasteiger partial charge in [-0.2, -0.15) is 0 Å². The van der Waals surface area contributed by atoms with E-state index in [9.17, 15) is 9.59 Å². The molecule has 214 valence electrons. The van der Waals surface area contributed by atoms with E-state index in [2.05, 4.69) is 59.7 Å². The largest absolute Gasteiger partial charge is 0.481 e. The molecule has 42 heavy (non-hydrogen) atoms. The fourth-order valence-corrected chi connectivity index (χ4v) is 5.82. The average Bonchev–Trinajstić information content (AvgIpc) is 3.46. The van der Waals surface area contributed by atoms with Crippen LogP contribution >= 0.6 is 11.6 Å². The van der Waals surface area contributed by atoms with E-state index >= 15 is 0 Å². The van der Waals surface area contributed by atoms with Crippen molar-refractivity contribution in [2.75, 3.05) is 6.54 Å². The topological polar surface area (TPSA) is 95.1 Å². The molecule has 0 bridgehead atoms. The lowest BCUT2D eigenvalue weighted by Crippen LogP contribution is -2.26. The predicted octanol–water partition coefficient (Wildman–Crippen LogP) is 8.11. The van der Waals surface area contributed by atoms with Crippen molar-refractivity contribution >= 4 is 34.4 Å². The number of rotatable bonds is 11. The van der Waals surface area contributed by atoms with E-state index in [0.29, 0.717) is 5.56 Å². The van der Waals surface area contributed by atoms with E-state index in [0.717, 1.165) is 52.1 Å². The summed E-state index contributed by atoms with van der Waals surface area (Å²) in [7, 11) is 0. The first kappa shape index (κ1) is 29.1. The van der Waals surface area contributed by atoms with Gasteiger partial charge in [-0.1, -0.05) is 73.5 Å². The number of hydrogen-bond acceptors (Lipinski definition) is 3. The first-order valence-corrected chi connectivity index (χ1v) is 14.7. The van der Waals surface area contributed by atoms with Crippen molar-refractivity contribution in [1.82, 2.24) is 15.3 Å². The van der Waals surface area contributed by atoms with Crippen LogP contribution in [0.2, 0.25) is 0 Å². The summed E-state index contributed by atoms with van der Waals surface area (Å²) in [4.78, 5) is 31.7. The third-order valence-electron chi connectivity index (χ3n) is 7.66. The molecule has 3 N–H and O–H groups in total. The molecule has 1 aliphatic carbocycles. The second-order valence-corrected chi connectivity index (χ2v) is 10.9. The number of aliphatic carboxylic acids is 1. The van der Waals surface area contributed by atoms with Crippen LogP contribution in [-0.4, -0.2) is 33.5 Å². The number of halogens is 1. The first-order chi connectivity index (χ1) is 20.4. The average molecular weight is 580 g/mol. The molecule has 0 spiro atoms. The molecule has 2 unspecified atom stereocenters. The minimum absolute atomic E-state index is 0.0225. The highest BCUT2D eigenvalue weighted by atomic mass is 35.5. The van der Waals surface area contributed by atoms with E-state index in [1.807, 2.05) is 54.7 Å². The molecule has 0 saturated heterocycles. The van der Waals surface area contributed by atoms with Crippen LogP contribution in [0.4, 0.5) is 0 Å². The van der Waals surface area contributed by atoms with Crippen molar-refractivity contribution < 1.29 is 14.7 Å². The van der Waals surface area contributed by atoms with E-state index < -0.39 is 5.97 Å². The summed E-state index contributed by atoms with van der Waals surface area (Å²) < 4.78 is 0. The number of nitrogens with one attached hydrogen (secondary N) is 2. The highest BCUT2D eigenvalue weighted by Crippen LogP contribution is 2.45. The van der Waals surface area contributed by atoms with Crippen molar-refractivity contribution in [2.45, 2.75) is 44.4 Å². The number of benzene rings is 2. The van der Waals surface area contributed by atoms with Gasteiger partial charge in [0.05, 0.1) is 23.3 Å². The van der Waals surface area contributed by atoms with Crippen LogP contribution in [0, 0.1) is 0 Å². The standard InChI is InChI=1S/C35H34ClN3O3/c1-2-6-27(23-12-14-25(15-13-23)35(42)38-22-20-33(40)41)34(24-7-3-8-26(36)17-16-24)29-9-4-10-30-28(29)18-19-32(39-30)31-11-5-21-37-31/h4-5,7-19,21,27,34,37H,2-3,6,20,22H2,1H3,(H,38,42)(H,40,41). The van der Waals surface area contributed by atoms with Gasteiger partial charge >= 0.3 is 5.97 Å². The number of aromatic nitrogens is 2. The molecule has 1 amide bonds. The minimum atomic E-state index is -0.943. The Morgan fingerprint density at radius 3 is 2.60 bits per heavy atom. The number of carboxylic acid groups (broad SMARTS) is 1. The van der Waals surface area contributed by atoms with Gasteiger partial charge in [0.2, 0.25) is 0 Å². The van der Waals surface area contributed by atoms with E-state index in [-0.39, 0.29) is 30.7 Å². The lowest BCUT2D eigenvalue weighted by atomic mass is 9.73. The van der Waals surface area contributed by atoms with Crippen LogP contribution in [0.25, 0.3) is 22.3 Å². The summed E-state index contributed by atoms with van der Waals surface area (Å²) >= 11 is 6.41. The first-order valence-electron chi connectivity index (χ1n) is 14.3. The molecule has 1 aliphatic rings. The molecule has 4 aromatic rings. The van der Waals surface area contributed by atoms with Crippen LogP contribution in [-0.2, 0) is 4.79 Å². The maximum atomic E-state index is 12.6. The molecule has 7 heteroatoms. The van der Waals surface area contributed by atoms with Gasteiger partial charge in [0.1, 0.15) is 0 Å². The maximum Gasteiger partial charge on any atom is 0.305 e. The Balaban J connectivity index is 1.56. The van der Waals surface area contributed by atoms with Crippen LogP contribution in [0.1, 0.15) is 65.9 Å². The van der Waals surface area contributed by atoms with Gasteiger partial charge in [-0.25, -0.2) is 4.98 Å². The second kappa shape index (κ2) is 13.5. The maximum absolute atomic E-state index is 12.6. The third kappa shape index (κ3) is 6.72. The molecule has 0 saturated carbocycles. The van der Waals surface area contributed by atoms with Gasteiger partial charge in [-0.15, -0.1) is 0 Å². The zero-order valence-corrected chi connectivity index (χ0v) is 24.3. The number of aromatic amines is 1. The van der Waals surface area contributed by atoms with Crippen LogP contribution < -0.4 is 5.32 Å². The van der Waals surface area contributed by atoms with Crippen molar-refractivity contribution in [1.29, 1.82) is 0 Å². The number of pyridine rings is 1. The van der Waals surface area contributed by atoms with Gasteiger partial charge in [0.25, 0.3) is 5.91 Å². The summed E-state index contributed by atoms with van der Waals surface area (Å²) in [6.07, 6.45) is 12.8. The number of carboxylic acids is 1. The Bertz CT molecular complexity index is 1650. The van der Waals surface area contributed by atoms with E-state index in [1.54, 1.807) is 0 Å². The Labute approximate surface area is 250 Å².